The third-order valence-corrected chi connectivity index (χ3v) is 3.51. The minimum atomic E-state index is -0.159. The van der Waals surface area contributed by atoms with Crippen LogP contribution in [0.4, 0.5) is 11.4 Å². The molecule has 4 heteroatoms. The number of anilines is 2. The number of hydrogen-bond acceptors (Lipinski definition) is 3. The highest BCUT2D eigenvalue weighted by Gasteiger charge is 2.09. The molecule has 2 rings (SSSR count). The van der Waals surface area contributed by atoms with E-state index in [0.717, 1.165) is 29.8 Å². The van der Waals surface area contributed by atoms with Crippen molar-refractivity contribution in [3.05, 3.63) is 53.6 Å². The van der Waals surface area contributed by atoms with Crippen molar-refractivity contribution in [2.24, 2.45) is 0 Å². The average molecular weight is 298 g/mol. The zero-order valence-corrected chi connectivity index (χ0v) is 13.1. The zero-order valence-electron chi connectivity index (χ0n) is 13.1. The third kappa shape index (κ3) is 4.01. The second-order valence-corrected chi connectivity index (χ2v) is 5.20. The summed E-state index contributed by atoms with van der Waals surface area (Å²) in [5.74, 6) is 0.624. The molecule has 0 aliphatic carbocycles. The fourth-order valence-electron chi connectivity index (χ4n) is 2.02. The van der Waals surface area contributed by atoms with Crippen LogP contribution in [0.2, 0.25) is 0 Å². The molecule has 4 nitrogen and oxygen atoms in total. The highest BCUT2D eigenvalue weighted by molar-refractivity contribution is 6.05. The molecule has 0 atom stereocenters. The summed E-state index contributed by atoms with van der Waals surface area (Å²) in [7, 11) is 0. The van der Waals surface area contributed by atoms with Gasteiger partial charge in [-0.3, -0.25) is 4.79 Å². The van der Waals surface area contributed by atoms with Crippen LogP contribution in [0.5, 0.6) is 5.75 Å². The minimum absolute atomic E-state index is 0.159. The molecule has 0 unspecified atom stereocenters. The van der Waals surface area contributed by atoms with Gasteiger partial charge in [-0.05, 0) is 55.3 Å². The van der Waals surface area contributed by atoms with Gasteiger partial charge in [0.25, 0.3) is 5.91 Å². The largest absolute Gasteiger partial charge is 0.494 e. The molecule has 0 fully saturated rings. The maximum atomic E-state index is 12.3. The van der Waals surface area contributed by atoms with Gasteiger partial charge in [-0.25, -0.2) is 0 Å². The third-order valence-electron chi connectivity index (χ3n) is 3.51. The second-order valence-electron chi connectivity index (χ2n) is 5.20. The Hall–Kier alpha value is -2.49. The van der Waals surface area contributed by atoms with Gasteiger partial charge in [0.1, 0.15) is 5.75 Å². The quantitative estimate of drug-likeness (QED) is 0.625. The highest BCUT2D eigenvalue weighted by Crippen LogP contribution is 2.21. The second kappa shape index (κ2) is 7.50. The monoisotopic (exact) mass is 298 g/mol. The van der Waals surface area contributed by atoms with Crippen molar-refractivity contribution in [1.82, 2.24) is 0 Å². The van der Waals surface area contributed by atoms with Gasteiger partial charge in [-0.2, -0.15) is 0 Å². The Bertz CT molecular complexity index is 636. The van der Waals surface area contributed by atoms with Gasteiger partial charge in [0, 0.05) is 16.9 Å². The number of rotatable bonds is 6. The lowest BCUT2D eigenvalue weighted by Crippen LogP contribution is -2.13. The first kappa shape index (κ1) is 15.9. The highest BCUT2D eigenvalue weighted by atomic mass is 16.5. The summed E-state index contributed by atoms with van der Waals surface area (Å²) in [6.07, 6.45) is 2.12. The van der Waals surface area contributed by atoms with Crippen LogP contribution < -0.4 is 15.8 Å². The first-order valence-electron chi connectivity index (χ1n) is 7.51. The number of amides is 1. The normalized spacial score (nSPS) is 10.3. The van der Waals surface area contributed by atoms with Crippen LogP contribution >= 0.6 is 0 Å². The summed E-state index contributed by atoms with van der Waals surface area (Å²) in [4.78, 5) is 12.3. The SMILES string of the molecule is CCCCOc1ccc(C(=O)Nc2cccc(N)c2C)cc1. The lowest BCUT2D eigenvalue weighted by atomic mass is 10.1. The van der Waals surface area contributed by atoms with Crippen molar-refractivity contribution in [1.29, 1.82) is 0 Å². The molecule has 0 saturated heterocycles. The Balaban J connectivity index is 2.02. The van der Waals surface area contributed by atoms with Crippen LogP contribution in [0, 0.1) is 6.92 Å². The molecule has 0 bridgehead atoms. The van der Waals surface area contributed by atoms with Gasteiger partial charge in [0.15, 0.2) is 0 Å². The lowest BCUT2D eigenvalue weighted by Gasteiger charge is -2.11. The van der Waals surface area contributed by atoms with E-state index in [0.29, 0.717) is 17.9 Å². The van der Waals surface area contributed by atoms with Crippen LogP contribution in [-0.2, 0) is 0 Å². The predicted molar refractivity (Wildman–Crippen MR) is 90.4 cm³/mol. The maximum absolute atomic E-state index is 12.3. The van der Waals surface area contributed by atoms with E-state index in [-0.39, 0.29) is 5.91 Å². The number of carbonyl (C=O) groups excluding carboxylic acids is 1. The Morgan fingerprint density at radius 1 is 1.18 bits per heavy atom. The van der Waals surface area contributed by atoms with Gasteiger partial charge in [-0.15, -0.1) is 0 Å². The van der Waals surface area contributed by atoms with E-state index in [9.17, 15) is 4.79 Å². The number of ether oxygens (including phenoxy) is 1. The van der Waals surface area contributed by atoms with Crippen molar-refractivity contribution in [3.63, 3.8) is 0 Å². The average Bonchev–Trinajstić information content (AvgIpc) is 2.53. The van der Waals surface area contributed by atoms with Crippen LogP contribution in [0.3, 0.4) is 0 Å². The number of nitrogen functional groups attached to an aromatic ring is 1. The van der Waals surface area contributed by atoms with Crippen molar-refractivity contribution in [2.75, 3.05) is 17.7 Å². The fourth-order valence-corrected chi connectivity index (χ4v) is 2.02. The summed E-state index contributed by atoms with van der Waals surface area (Å²) in [6.45, 7) is 4.70. The van der Waals surface area contributed by atoms with Crippen LogP contribution in [-0.4, -0.2) is 12.5 Å². The molecule has 0 spiro atoms. The maximum Gasteiger partial charge on any atom is 0.255 e. The molecule has 1 amide bonds. The molecular formula is C18H22N2O2. The Kier molecular flexibility index (Phi) is 5.42. The van der Waals surface area contributed by atoms with E-state index in [1.165, 1.54) is 0 Å². The molecule has 22 heavy (non-hydrogen) atoms. The Morgan fingerprint density at radius 2 is 1.91 bits per heavy atom. The number of nitrogens with two attached hydrogens (primary N) is 1. The smallest absolute Gasteiger partial charge is 0.255 e. The van der Waals surface area contributed by atoms with Crippen molar-refractivity contribution < 1.29 is 9.53 Å². The van der Waals surface area contributed by atoms with Gasteiger partial charge in [-0.1, -0.05) is 19.4 Å². The van der Waals surface area contributed by atoms with E-state index >= 15 is 0 Å². The number of carbonyl (C=O) groups is 1. The summed E-state index contributed by atoms with van der Waals surface area (Å²) in [5, 5.41) is 2.88. The first-order chi connectivity index (χ1) is 10.6. The summed E-state index contributed by atoms with van der Waals surface area (Å²) >= 11 is 0. The van der Waals surface area contributed by atoms with Crippen molar-refractivity contribution in [3.8, 4) is 5.75 Å². The van der Waals surface area contributed by atoms with Crippen LogP contribution in [0.25, 0.3) is 0 Å². The van der Waals surface area contributed by atoms with Crippen molar-refractivity contribution >= 4 is 17.3 Å². The van der Waals surface area contributed by atoms with Crippen LogP contribution in [0.15, 0.2) is 42.5 Å². The van der Waals surface area contributed by atoms with Crippen LogP contribution in [0.1, 0.15) is 35.7 Å². The molecule has 116 valence electrons. The molecule has 0 aromatic heterocycles. The molecule has 2 aromatic rings. The molecule has 3 N–H and O–H groups in total. The fraction of sp³-hybridized carbons (Fsp3) is 0.278. The molecule has 0 aliphatic rings. The van der Waals surface area contributed by atoms with Gasteiger partial charge >= 0.3 is 0 Å². The molecule has 0 radical (unpaired) electrons. The number of unbranched alkanes of at least 4 members (excludes halogenated alkanes) is 1. The van der Waals surface area contributed by atoms with E-state index in [2.05, 4.69) is 12.2 Å². The topological polar surface area (TPSA) is 64.3 Å². The minimum Gasteiger partial charge on any atom is -0.494 e. The van der Waals surface area contributed by atoms with Gasteiger partial charge < -0.3 is 15.8 Å². The number of hydrogen-bond donors (Lipinski definition) is 2. The summed E-state index contributed by atoms with van der Waals surface area (Å²) < 4.78 is 5.59. The molecule has 0 aliphatic heterocycles. The van der Waals surface area contributed by atoms with Gasteiger partial charge in [0.05, 0.1) is 6.61 Å². The van der Waals surface area contributed by atoms with E-state index in [1.54, 1.807) is 12.1 Å². The van der Waals surface area contributed by atoms with E-state index in [1.807, 2.05) is 37.3 Å². The zero-order chi connectivity index (χ0) is 15.9. The standard InChI is InChI=1S/C18H22N2O2/c1-3-4-12-22-15-10-8-14(9-11-15)18(21)20-17-7-5-6-16(19)13(17)2/h5-11H,3-4,12,19H2,1-2H3,(H,20,21). The Morgan fingerprint density at radius 3 is 2.59 bits per heavy atom. The lowest BCUT2D eigenvalue weighted by molar-refractivity contribution is 0.102. The summed E-state index contributed by atoms with van der Waals surface area (Å²) in [5.41, 5.74) is 8.70. The first-order valence-corrected chi connectivity index (χ1v) is 7.51. The van der Waals surface area contributed by atoms with E-state index in [4.69, 9.17) is 10.5 Å². The molecule has 0 heterocycles. The Labute approximate surface area is 131 Å². The molecule has 0 saturated carbocycles. The molecule has 2 aromatic carbocycles. The number of nitrogens with one attached hydrogen (secondary N) is 1. The number of benzene rings is 2. The van der Waals surface area contributed by atoms with Crippen molar-refractivity contribution in [2.45, 2.75) is 26.7 Å². The van der Waals surface area contributed by atoms with E-state index < -0.39 is 0 Å². The predicted octanol–water partition coefficient (Wildman–Crippen LogP) is 4.01. The summed E-state index contributed by atoms with van der Waals surface area (Å²) in [6, 6.07) is 12.6. The van der Waals surface area contributed by atoms with Gasteiger partial charge in [0.2, 0.25) is 0 Å². The molecular weight excluding hydrogens is 276 g/mol.